The first kappa shape index (κ1) is 35.9. The van der Waals surface area contributed by atoms with Crippen LogP contribution in [0.1, 0.15) is 120 Å². The number of hydrogen-bond donors (Lipinski definition) is 1. The number of fused-ring (bicyclic) bond motifs is 10. The Morgan fingerprint density at radius 2 is 0.926 bits per heavy atom. The third kappa shape index (κ3) is 5.04. The summed E-state index contributed by atoms with van der Waals surface area (Å²) in [7, 11) is 0. The van der Waals surface area contributed by atoms with Crippen LogP contribution in [0.5, 0.6) is 5.75 Å². The molecule has 0 spiro atoms. The zero-order valence-electron chi connectivity index (χ0n) is 33.7. The topological polar surface area (TPSA) is 21.3 Å². The fourth-order valence-corrected chi connectivity index (χ4v) is 9.50. The Balaban J connectivity index is 0.00000100. The van der Waals surface area contributed by atoms with Crippen LogP contribution in [0.3, 0.4) is 0 Å². The highest BCUT2D eigenvalue weighted by Gasteiger charge is 2.45. The van der Waals surface area contributed by atoms with Gasteiger partial charge in [-0.2, -0.15) is 0 Å². The highest BCUT2D eigenvalue weighted by molar-refractivity contribution is 5.93. The molecule has 0 aromatic heterocycles. The number of nitrogens with one attached hydrogen (secondary N) is 1. The first-order valence-corrected chi connectivity index (χ1v) is 19.8. The van der Waals surface area contributed by atoms with Gasteiger partial charge in [0, 0.05) is 21.8 Å². The van der Waals surface area contributed by atoms with E-state index >= 15 is 0 Å². The van der Waals surface area contributed by atoms with Crippen LogP contribution in [-0.4, -0.2) is 0 Å². The van der Waals surface area contributed by atoms with Crippen molar-refractivity contribution >= 4 is 5.69 Å². The Bertz CT molecular complexity index is 2480. The summed E-state index contributed by atoms with van der Waals surface area (Å²) in [5, 5.41) is 3.60. The molecule has 274 valence electrons. The molecular formula is C51H52FNO. The molecule has 4 aliphatic rings. The summed E-state index contributed by atoms with van der Waals surface area (Å²) in [5.41, 5.74) is 21.4. The van der Waals surface area contributed by atoms with E-state index in [1.807, 2.05) is 39.8 Å². The summed E-state index contributed by atoms with van der Waals surface area (Å²) in [6, 6.07) is 36.8. The summed E-state index contributed by atoms with van der Waals surface area (Å²) >= 11 is 0. The number of hydrogen-bond acceptors (Lipinski definition) is 2. The predicted octanol–water partition coefficient (Wildman–Crippen LogP) is 14.3. The van der Waals surface area contributed by atoms with E-state index in [1.54, 1.807) is 12.1 Å². The van der Waals surface area contributed by atoms with Crippen molar-refractivity contribution in [1.82, 2.24) is 0 Å². The summed E-state index contributed by atoms with van der Waals surface area (Å²) in [6.07, 6.45) is -0.200. The Labute approximate surface area is 321 Å². The lowest BCUT2D eigenvalue weighted by Crippen LogP contribution is -2.18. The van der Waals surface area contributed by atoms with Gasteiger partial charge in [-0.15, -0.1) is 0 Å². The van der Waals surface area contributed by atoms with Crippen LogP contribution in [0.4, 0.5) is 10.1 Å². The van der Waals surface area contributed by atoms with Crippen LogP contribution < -0.4 is 10.1 Å². The number of anilines is 1. The van der Waals surface area contributed by atoms with Crippen molar-refractivity contribution in [3.63, 3.8) is 0 Å². The highest BCUT2D eigenvalue weighted by Crippen LogP contribution is 2.59. The molecule has 0 saturated carbocycles. The van der Waals surface area contributed by atoms with Crippen molar-refractivity contribution in [2.24, 2.45) is 0 Å². The van der Waals surface area contributed by atoms with E-state index in [4.69, 9.17) is 4.74 Å². The standard InChI is InChI=1S/C47H40FNO.2C2H6/c1-25-8-17-43-42(18-25)49-44(50-43)28-12-16-31-33-22-41-35(24-39(33)46(4,5)37(31)20-28)34-23-38-32(21-40(34)47(41,6)7)30-15-11-27(19-36(30)45(38,2)3)26-9-13-29(48)14-10-26;2*1-2/h8-24,44,49H,1-7H3;2*1-2H3. The third-order valence-electron chi connectivity index (χ3n) is 12.4. The molecule has 0 bridgehead atoms. The van der Waals surface area contributed by atoms with Crippen molar-refractivity contribution in [3.8, 4) is 50.3 Å². The smallest absolute Gasteiger partial charge is 0.196 e. The minimum atomic E-state index is -0.208. The van der Waals surface area contributed by atoms with Gasteiger partial charge in [0.1, 0.15) is 11.6 Å². The maximum absolute atomic E-state index is 13.7. The minimum absolute atomic E-state index is 0.145. The largest absolute Gasteiger partial charge is 0.464 e. The van der Waals surface area contributed by atoms with Crippen molar-refractivity contribution in [2.75, 3.05) is 5.32 Å². The van der Waals surface area contributed by atoms with Gasteiger partial charge < -0.3 is 10.1 Å². The summed E-state index contributed by atoms with van der Waals surface area (Å²) in [6.45, 7) is 24.3. The number of aryl methyl sites for hydroxylation is 1. The van der Waals surface area contributed by atoms with Crippen molar-refractivity contribution in [2.45, 2.75) is 98.6 Å². The van der Waals surface area contributed by atoms with Gasteiger partial charge in [0.25, 0.3) is 0 Å². The Morgan fingerprint density at radius 1 is 0.481 bits per heavy atom. The zero-order chi connectivity index (χ0) is 38.5. The van der Waals surface area contributed by atoms with Crippen LogP contribution >= 0.6 is 0 Å². The molecule has 6 aromatic carbocycles. The van der Waals surface area contributed by atoms with Gasteiger partial charge in [-0.25, -0.2) is 4.39 Å². The molecule has 0 amide bonds. The molecular weight excluding hydrogens is 662 g/mol. The lowest BCUT2D eigenvalue weighted by molar-refractivity contribution is 0.259. The molecule has 1 N–H and O–H groups in total. The van der Waals surface area contributed by atoms with Gasteiger partial charge in [0.2, 0.25) is 0 Å². The molecule has 0 fully saturated rings. The first-order chi connectivity index (χ1) is 25.8. The summed E-state index contributed by atoms with van der Waals surface area (Å²) < 4.78 is 20.1. The maximum Gasteiger partial charge on any atom is 0.196 e. The molecule has 2 nitrogen and oxygen atoms in total. The van der Waals surface area contributed by atoms with Crippen LogP contribution in [0, 0.1) is 12.7 Å². The van der Waals surface area contributed by atoms with E-state index in [0.29, 0.717) is 0 Å². The number of benzene rings is 6. The van der Waals surface area contributed by atoms with Gasteiger partial charge >= 0.3 is 0 Å². The van der Waals surface area contributed by atoms with Gasteiger partial charge in [0.05, 0.1) is 5.69 Å². The molecule has 1 aliphatic heterocycles. The van der Waals surface area contributed by atoms with Crippen LogP contribution in [-0.2, 0) is 16.2 Å². The number of halogens is 1. The quantitative estimate of drug-likeness (QED) is 0.193. The second-order valence-corrected chi connectivity index (χ2v) is 16.5. The van der Waals surface area contributed by atoms with Crippen LogP contribution in [0.15, 0.2) is 103 Å². The van der Waals surface area contributed by atoms with E-state index in [9.17, 15) is 4.39 Å². The highest BCUT2D eigenvalue weighted by atomic mass is 19.1. The first-order valence-electron chi connectivity index (χ1n) is 19.8. The molecule has 1 unspecified atom stereocenters. The van der Waals surface area contributed by atoms with Crippen LogP contribution in [0.25, 0.3) is 44.5 Å². The molecule has 10 rings (SSSR count). The Kier molecular flexibility index (Phi) is 8.27. The minimum Gasteiger partial charge on any atom is -0.464 e. The number of rotatable bonds is 2. The third-order valence-corrected chi connectivity index (χ3v) is 12.4. The van der Waals surface area contributed by atoms with Crippen molar-refractivity contribution in [3.05, 3.63) is 153 Å². The summed E-state index contributed by atoms with van der Waals surface area (Å²) in [4.78, 5) is 0. The summed E-state index contributed by atoms with van der Waals surface area (Å²) in [5.74, 6) is 0.701. The molecule has 1 heterocycles. The van der Waals surface area contributed by atoms with Crippen molar-refractivity contribution < 1.29 is 9.13 Å². The van der Waals surface area contributed by atoms with Gasteiger partial charge in [-0.1, -0.05) is 112 Å². The molecule has 0 saturated heterocycles. The van der Waals surface area contributed by atoms with Crippen LogP contribution in [0.2, 0.25) is 0 Å². The second kappa shape index (κ2) is 12.4. The molecule has 1 atom stereocenters. The molecule has 54 heavy (non-hydrogen) atoms. The molecule has 3 aliphatic carbocycles. The second-order valence-electron chi connectivity index (χ2n) is 16.5. The van der Waals surface area contributed by atoms with E-state index in [1.165, 1.54) is 72.3 Å². The molecule has 3 heteroatoms. The van der Waals surface area contributed by atoms with E-state index in [2.05, 4.69) is 133 Å². The Morgan fingerprint density at radius 3 is 1.46 bits per heavy atom. The van der Waals surface area contributed by atoms with Crippen molar-refractivity contribution in [1.29, 1.82) is 0 Å². The monoisotopic (exact) mass is 713 g/mol. The lowest BCUT2D eigenvalue weighted by atomic mass is 9.78. The molecule has 0 radical (unpaired) electrons. The predicted molar refractivity (Wildman–Crippen MR) is 225 cm³/mol. The average Bonchev–Trinajstić information content (AvgIpc) is 3.83. The SMILES string of the molecule is CC.CC.Cc1ccc2c(c1)NC(c1ccc3c(c1)C(C)(C)c1cc4c(cc1-3)C(C)(C)c1cc3c(cc1-4)C(C)(C)c1cc(-c4ccc(F)cc4)ccc1-3)O2. The number of ether oxygens (including phenoxy) is 1. The average molecular weight is 714 g/mol. The molecule has 6 aromatic rings. The van der Waals surface area contributed by atoms with Gasteiger partial charge in [-0.3, -0.25) is 0 Å². The zero-order valence-corrected chi connectivity index (χ0v) is 33.7. The van der Waals surface area contributed by atoms with E-state index in [-0.39, 0.29) is 28.3 Å². The normalized spacial score (nSPS) is 17.4. The van der Waals surface area contributed by atoms with E-state index < -0.39 is 0 Å². The maximum atomic E-state index is 13.7. The van der Waals surface area contributed by atoms with Gasteiger partial charge in [-0.05, 0) is 151 Å². The Hall–Kier alpha value is -5.15. The lowest BCUT2D eigenvalue weighted by Gasteiger charge is -2.25. The van der Waals surface area contributed by atoms with Gasteiger partial charge in [0.15, 0.2) is 6.23 Å². The van der Waals surface area contributed by atoms with E-state index in [0.717, 1.165) is 28.1 Å². The fraction of sp³-hybridized carbons (Fsp3) is 0.294. The fourth-order valence-electron chi connectivity index (χ4n) is 9.50.